The fourth-order valence-electron chi connectivity index (χ4n) is 2.92. The molecule has 0 aliphatic rings. The van der Waals surface area contributed by atoms with Crippen molar-refractivity contribution >= 4 is 11.8 Å². The van der Waals surface area contributed by atoms with E-state index in [1.54, 1.807) is 0 Å². The number of likely N-dealkylation sites (N-methyl/N-ethyl adjacent to an activating group) is 1. The summed E-state index contributed by atoms with van der Waals surface area (Å²) in [5.41, 5.74) is 2.58. The average molecular weight is 385 g/mol. The lowest BCUT2D eigenvalue weighted by Gasteiger charge is -2.18. The molecule has 0 aliphatic heterocycles. The number of rotatable bonds is 11. The molecule has 0 heterocycles. The number of para-hydroxylation sites is 2. The number of amides is 1. The third kappa shape index (κ3) is 6.57. The highest BCUT2D eigenvalue weighted by atomic mass is 16.5. The quantitative estimate of drug-likeness (QED) is 0.525. The molecule has 0 saturated carbocycles. The van der Waals surface area contributed by atoms with Gasteiger partial charge < -0.3 is 14.4 Å². The van der Waals surface area contributed by atoms with Crippen molar-refractivity contribution in [3.05, 3.63) is 48.5 Å². The molecule has 5 nitrogen and oxygen atoms in total. The molecule has 1 N–H and O–H groups in total. The highest BCUT2D eigenvalue weighted by Crippen LogP contribution is 2.35. The van der Waals surface area contributed by atoms with Crippen molar-refractivity contribution in [2.75, 3.05) is 38.2 Å². The van der Waals surface area contributed by atoms with Crippen molar-refractivity contribution in [1.82, 2.24) is 4.90 Å². The maximum Gasteiger partial charge on any atom is 0.411 e. The van der Waals surface area contributed by atoms with Gasteiger partial charge in [-0.2, -0.15) is 0 Å². The van der Waals surface area contributed by atoms with Crippen LogP contribution in [0.5, 0.6) is 5.75 Å². The van der Waals surface area contributed by atoms with Crippen molar-refractivity contribution < 1.29 is 14.3 Å². The standard InChI is InChI=1S/C23H32N2O3/c1-4-7-17-27-22-15-11-9-13-20(22)19-12-8-10-14-21(19)24-23(26)28-18-16-25(5-2)6-3/h8-15H,4-7,16-18H2,1-3H3,(H,24,26). The Labute approximate surface area is 168 Å². The number of ether oxygens (including phenoxy) is 2. The Balaban J connectivity index is 2.08. The largest absolute Gasteiger partial charge is 0.493 e. The zero-order chi connectivity index (χ0) is 20.2. The first-order valence-electron chi connectivity index (χ1n) is 10.2. The monoisotopic (exact) mass is 384 g/mol. The zero-order valence-electron chi connectivity index (χ0n) is 17.2. The van der Waals surface area contributed by atoms with Crippen molar-refractivity contribution in [2.45, 2.75) is 33.6 Å². The van der Waals surface area contributed by atoms with E-state index in [4.69, 9.17) is 9.47 Å². The minimum absolute atomic E-state index is 0.367. The molecule has 152 valence electrons. The first-order valence-corrected chi connectivity index (χ1v) is 10.2. The first-order chi connectivity index (χ1) is 13.7. The average Bonchev–Trinajstić information content (AvgIpc) is 2.72. The van der Waals surface area contributed by atoms with Gasteiger partial charge in [-0.1, -0.05) is 63.6 Å². The topological polar surface area (TPSA) is 50.8 Å². The maximum absolute atomic E-state index is 12.3. The molecular weight excluding hydrogens is 352 g/mol. The Morgan fingerprint density at radius 1 is 0.929 bits per heavy atom. The second-order valence-electron chi connectivity index (χ2n) is 6.53. The van der Waals surface area contributed by atoms with Gasteiger partial charge in [0.2, 0.25) is 0 Å². The third-order valence-corrected chi connectivity index (χ3v) is 4.63. The summed E-state index contributed by atoms with van der Waals surface area (Å²) >= 11 is 0. The molecule has 0 fully saturated rings. The normalized spacial score (nSPS) is 10.7. The lowest BCUT2D eigenvalue weighted by atomic mass is 10.0. The number of carbonyl (C=O) groups excluding carboxylic acids is 1. The zero-order valence-corrected chi connectivity index (χ0v) is 17.2. The number of nitrogens with zero attached hydrogens (tertiary/aromatic N) is 1. The maximum atomic E-state index is 12.3. The van der Waals surface area contributed by atoms with E-state index in [9.17, 15) is 4.79 Å². The van der Waals surface area contributed by atoms with E-state index >= 15 is 0 Å². The molecule has 0 atom stereocenters. The van der Waals surface area contributed by atoms with Gasteiger partial charge in [0.1, 0.15) is 12.4 Å². The van der Waals surface area contributed by atoms with Crippen molar-refractivity contribution in [3.63, 3.8) is 0 Å². The van der Waals surface area contributed by atoms with E-state index in [-0.39, 0.29) is 0 Å². The summed E-state index contributed by atoms with van der Waals surface area (Å²) in [7, 11) is 0. The van der Waals surface area contributed by atoms with Crippen LogP contribution in [-0.2, 0) is 4.74 Å². The van der Waals surface area contributed by atoms with E-state index in [1.807, 2.05) is 48.5 Å². The number of hydrogen-bond acceptors (Lipinski definition) is 4. The fraction of sp³-hybridized carbons (Fsp3) is 0.435. The number of unbranched alkanes of at least 4 members (excludes halogenated alkanes) is 1. The van der Waals surface area contributed by atoms with Crippen LogP contribution in [0.25, 0.3) is 11.1 Å². The molecule has 0 aromatic heterocycles. The van der Waals surface area contributed by atoms with Crippen LogP contribution in [-0.4, -0.2) is 43.8 Å². The molecule has 0 saturated heterocycles. The predicted octanol–water partition coefficient (Wildman–Crippen LogP) is 5.42. The van der Waals surface area contributed by atoms with Crippen LogP contribution in [0.4, 0.5) is 10.5 Å². The number of hydrogen-bond donors (Lipinski definition) is 1. The summed E-state index contributed by atoms with van der Waals surface area (Å²) in [6.45, 7) is 10.00. The van der Waals surface area contributed by atoms with Gasteiger partial charge in [-0.3, -0.25) is 5.32 Å². The highest BCUT2D eigenvalue weighted by molar-refractivity contribution is 5.92. The second-order valence-corrected chi connectivity index (χ2v) is 6.53. The summed E-state index contributed by atoms with van der Waals surface area (Å²) in [4.78, 5) is 14.5. The fourth-order valence-corrected chi connectivity index (χ4v) is 2.92. The Kier molecular flexibility index (Phi) is 9.35. The van der Waals surface area contributed by atoms with Crippen molar-refractivity contribution in [3.8, 4) is 16.9 Å². The van der Waals surface area contributed by atoms with Crippen molar-refractivity contribution in [1.29, 1.82) is 0 Å². The molecule has 1 amide bonds. The van der Waals surface area contributed by atoms with Gasteiger partial charge >= 0.3 is 6.09 Å². The smallest absolute Gasteiger partial charge is 0.411 e. The van der Waals surface area contributed by atoms with Gasteiger partial charge in [0.25, 0.3) is 0 Å². The Bertz CT molecular complexity index is 729. The molecule has 5 heteroatoms. The van der Waals surface area contributed by atoms with Gasteiger partial charge in [0.05, 0.1) is 12.3 Å². The minimum atomic E-state index is -0.441. The molecule has 2 aromatic rings. The van der Waals surface area contributed by atoms with Crippen molar-refractivity contribution in [2.24, 2.45) is 0 Å². The van der Waals surface area contributed by atoms with Gasteiger partial charge in [0.15, 0.2) is 0 Å². The third-order valence-electron chi connectivity index (χ3n) is 4.63. The SMILES string of the molecule is CCCCOc1ccccc1-c1ccccc1NC(=O)OCCN(CC)CC. The van der Waals surface area contributed by atoms with Crippen LogP contribution in [0.3, 0.4) is 0 Å². The summed E-state index contributed by atoms with van der Waals surface area (Å²) in [5.74, 6) is 0.820. The number of carbonyl (C=O) groups is 1. The van der Waals surface area contributed by atoms with E-state index in [0.717, 1.165) is 49.4 Å². The van der Waals surface area contributed by atoms with Crippen LogP contribution >= 0.6 is 0 Å². The molecule has 28 heavy (non-hydrogen) atoms. The molecule has 2 aromatic carbocycles. The van der Waals surface area contributed by atoms with Gasteiger partial charge in [-0.15, -0.1) is 0 Å². The van der Waals surface area contributed by atoms with E-state index < -0.39 is 6.09 Å². The molecule has 0 aliphatic carbocycles. The summed E-state index contributed by atoms with van der Waals surface area (Å²) in [6.07, 6.45) is 1.65. The van der Waals surface area contributed by atoms with Crippen LogP contribution in [0.2, 0.25) is 0 Å². The molecular formula is C23H32N2O3. The molecule has 0 spiro atoms. The van der Waals surface area contributed by atoms with Crippen LogP contribution in [0.1, 0.15) is 33.6 Å². The molecule has 0 bridgehead atoms. The summed E-state index contributed by atoms with van der Waals surface area (Å²) in [5, 5.41) is 2.88. The van der Waals surface area contributed by atoms with E-state index in [1.165, 1.54) is 0 Å². The Hall–Kier alpha value is -2.53. The molecule has 0 unspecified atom stereocenters. The van der Waals surface area contributed by atoms with E-state index in [0.29, 0.717) is 18.9 Å². The minimum Gasteiger partial charge on any atom is -0.493 e. The number of anilines is 1. The number of nitrogens with one attached hydrogen (secondary N) is 1. The van der Waals surface area contributed by atoms with Crippen LogP contribution in [0.15, 0.2) is 48.5 Å². The van der Waals surface area contributed by atoms with Gasteiger partial charge in [0, 0.05) is 17.7 Å². The summed E-state index contributed by atoms with van der Waals surface area (Å²) < 4.78 is 11.3. The Morgan fingerprint density at radius 3 is 2.32 bits per heavy atom. The lowest BCUT2D eigenvalue weighted by Crippen LogP contribution is -2.28. The second kappa shape index (κ2) is 12.0. The molecule has 2 rings (SSSR count). The van der Waals surface area contributed by atoms with Crippen LogP contribution in [0, 0.1) is 0 Å². The highest BCUT2D eigenvalue weighted by Gasteiger charge is 2.13. The van der Waals surface area contributed by atoms with E-state index in [2.05, 4.69) is 31.0 Å². The lowest BCUT2D eigenvalue weighted by molar-refractivity contribution is 0.142. The number of benzene rings is 2. The predicted molar refractivity (Wildman–Crippen MR) is 115 cm³/mol. The van der Waals surface area contributed by atoms with Gasteiger partial charge in [-0.25, -0.2) is 4.79 Å². The summed E-state index contributed by atoms with van der Waals surface area (Å²) in [6, 6.07) is 15.6. The first kappa shape index (κ1) is 21.8. The Morgan fingerprint density at radius 2 is 1.61 bits per heavy atom. The van der Waals surface area contributed by atoms with Crippen LogP contribution < -0.4 is 10.1 Å². The van der Waals surface area contributed by atoms with Gasteiger partial charge in [-0.05, 0) is 31.6 Å². The molecule has 0 radical (unpaired) electrons.